The van der Waals surface area contributed by atoms with Gasteiger partial charge in [-0.1, -0.05) is 31.2 Å². The first-order valence-electron chi connectivity index (χ1n) is 6.05. The molecule has 0 aromatic heterocycles. The number of aliphatic hydroxyl groups is 1. The van der Waals surface area contributed by atoms with Crippen LogP contribution in [0.4, 0.5) is 0 Å². The number of rotatable bonds is 3. The minimum Gasteiger partial charge on any atom is -0.396 e. The Kier molecular flexibility index (Phi) is 3.52. The van der Waals surface area contributed by atoms with E-state index in [1.165, 1.54) is 0 Å². The van der Waals surface area contributed by atoms with Crippen molar-refractivity contribution in [3.63, 3.8) is 0 Å². The summed E-state index contributed by atoms with van der Waals surface area (Å²) in [7, 11) is 0. The third kappa shape index (κ3) is 2.68. The van der Waals surface area contributed by atoms with E-state index >= 15 is 0 Å². The SMILES string of the molecule is CC(CO)c1ccccc1C1COC(C)(C)O1. The summed E-state index contributed by atoms with van der Waals surface area (Å²) in [5.74, 6) is -0.390. The van der Waals surface area contributed by atoms with Crippen molar-refractivity contribution in [2.75, 3.05) is 13.2 Å². The average molecular weight is 236 g/mol. The van der Waals surface area contributed by atoms with Crippen molar-refractivity contribution >= 4 is 0 Å². The molecule has 0 spiro atoms. The van der Waals surface area contributed by atoms with Gasteiger partial charge in [0.1, 0.15) is 6.10 Å². The third-order valence-corrected chi connectivity index (χ3v) is 3.16. The van der Waals surface area contributed by atoms with Crippen LogP contribution in [0.5, 0.6) is 0 Å². The predicted octanol–water partition coefficient (Wildman–Crippen LogP) is 2.61. The van der Waals surface area contributed by atoms with Crippen LogP contribution in [0.25, 0.3) is 0 Å². The van der Waals surface area contributed by atoms with Crippen molar-refractivity contribution in [2.24, 2.45) is 0 Å². The van der Waals surface area contributed by atoms with Gasteiger partial charge in [-0.2, -0.15) is 0 Å². The molecular weight excluding hydrogens is 216 g/mol. The van der Waals surface area contributed by atoms with Gasteiger partial charge in [-0.25, -0.2) is 0 Å². The number of aliphatic hydroxyl groups excluding tert-OH is 1. The molecule has 0 bridgehead atoms. The lowest BCUT2D eigenvalue weighted by molar-refractivity contribution is -0.139. The van der Waals surface area contributed by atoms with Gasteiger partial charge in [0, 0.05) is 12.5 Å². The highest BCUT2D eigenvalue weighted by Crippen LogP contribution is 2.36. The van der Waals surface area contributed by atoms with Gasteiger partial charge in [-0.3, -0.25) is 0 Å². The minimum atomic E-state index is -0.514. The van der Waals surface area contributed by atoms with Gasteiger partial charge < -0.3 is 14.6 Å². The summed E-state index contributed by atoms with van der Waals surface area (Å²) in [6, 6.07) is 8.09. The maximum absolute atomic E-state index is 9.29. The van der Waals surface area contributed by atoms with Gasteiger partial charge in [0.05, 0.1) is 6.61 Å². The van der Waals surface area contributed by atoms with Crippen molar-refractivity contribution in [3.05, 3.63) is 35.4 Å². The van der Waals surface area contributed by atoms with Crippen LogP contribution in [0.2, 0.25) is 0 Å². The fraction of sp³-hybridized carbons (Fsp3) is 0.571. The number of ether oxygens (including phenoxy) is 2. The van der Waals surface area contributed by atoms with Crippen molar-refractivity contribution in [1.82, 2.24) is 0 Å². The van der Waals surface area contributed by atoms with Crippen molar-refractivity contribution in [3.8, 4) is 0 Å². The van der Waals surface area contributed by atoms with Gasteiger partial charge in [0.25, 0.3) is 0 Å². The highest BCUT2D eigenvalue weighted by molar-refractivity contribution is 5.32. The van der Waals surface area contributed by atoms with Crippen LogP contribution in [0.1, 0.15) is 43.9 Å². The Labute approximate surface area is 102 Å². The molecule has 1 aliphatic rings. The summed E-state index contributed by atoms with van der Waals surface area (Å²) < 4.78 is 11.5. The maximum Gasteiger partial charge on any atom is 0.163 e. The summed E-state index contributed by atoms with van der Waals surface area (Å²) in [5.41, 5.74) is 2.26. The molecule has 0 saturated carbocycles. The van der Waals surface area contributed by atoms with Crippen LogP contribution in [-0.2, 0) is 9.47 Å². The second-order valence-electron chi connectivity index (χ2n) is 5.03. The van der Waals surface area contributed by atoms with Gasteiger partial charge in [0.2, 0.25) is 0 Å². The molecular formula is C14H20O3. The summed E-state index contributed by atoms with van der Waals surface area (Å²) in [6.07, 6.45) is -0.0322. The summed E-state index contributed by atoms with van der Waals surface area (Å²) in [5, 5.41) is 9.29. The van der Waals surface area contributed by atoms with E-state index in [1.807, 2.05) is 39.0 Å². The maximum atomic E-state index is 9.29. The highest BCUT2D eigenvalue weighted by atomic mass is 16.7. The van der Waals surface area contributed by atoms with Crippen LogP contribution in [0.15, 0.2) is 24.3 Å². The molecule has 2 rings (SSSR count). The Morgan fingerprint density at radius 3 is 2.71 bits per heavy atom. The van der Waals surface area contributed by atoms with E-state index in [9.17, 15) is 5.11 Å². The van der Waals surface area contributed by atoms with E-state index in [0.717, 1.165) is 11.1 Å². The first-order valence-corrected chi connectivity index (χ1v) is 6.05. The lowest BCUT2D eigenvalue weighted by Crippen LogP contribution is -2.20. The van der Waals surface area contributed by atoms with Gasteiger partial charge in [0.15, 0.2) is 5.79 Å². The fourth-order valence-corrected chi connectivity index (χ4v) is 2.19. The van der Waals surface area contributed by atoms with Crippen LogP contribution < -0.4 is 0 Å². The minimum absolute atomic E-state index is 0.0322. The van der Waals surface area contributed by atoms with Crippen LogP contribution >= 0.6 is 0 Å². The van der Waals surface area contributed by atoms with Crippen molar-refractivity contribution in [1.29, 1.82) is 0 Å². The van der Waals surface area contributed by atoms with E-state index in [4.69, 9.17) is 9.47 Å². The van der Waals surface area contributed by atoms with Gasteiger partial charge in [-0.05, 0) is 25.0 Å². The molecule has 1 N–H and O–H groups in total. The molecule has 2 atom stereocenters. The standard InChI is InChI=1S/C14H20O3/c1-10(8-15)11-6-4-5-7-12(11)13-9-16-14(2,3)17-13/h4-7,10,13,15H,8-9H2,1-3H3. The van der Waals surface area contributed by atoms with Crippen LogP contribution in [0, 0.1) is 0 Å². The quantitative estimate of drug-likeness (QED) is 0.876. The topological polar surface area (TPSA) is 38.7 Å². The van der Waals surface area contributed by atoms with Gasteiger partial charge in [-0.15, -0.1) is 0 Å². The number of hydrogen-bond donors (Lipinski definition) is 1. The summed E-state index contributed by atoms with van der Waals surface area (Å²) in [4.78, 5) is 0. The third-order valence-electron chi connectivity index (χ3n) is 3.16. The zero-order valence-electron chi connectivity index (χ0n) is 10.6. The van der Waals surface area contributed by atoms with Crippen molar-refractivity contribution in [2.45, 2.75) is 38.6 Å². The average Bonchev–Trinajstić information content (AvgIpc) is 2.68. The fourth-order valence-electron chi connectivity index (χ4n) is 2.19. The molecule has 1 aromatic carbocycles. The molecule has 0 aliphatic carbocycles. The monoisotopic (exact) mass is 236 g/mol. The number of benzene rings is 1. The molecule has 1 saturated heterocycles. The Morgan fingerprint density at radius 1 is 1.41 bits per heavy atom. The Balaban J connectivity index is 2.27. The van der Waals surface area contributed by atoms with E-state index in [0.29, 0.717) is 6.61 Å². The first-order chi connectivity index (χ1) is 8.03. The predicted molar refractivity (Wildman–Crippen MR) is 65.8 cm³/mol. The normalized spacial score (nSPS) is 24.8. The lowest BCUT2D eigenvalue weighted by Gasteiger charge is -2.20. The van der Waals surface area contributed by atoms with Gasteiger partial charge >= 0.3 is 0 Å². The van der Waals surface area contributed by atoms with E-state index in [1.54, 1.807) is 0 Å². The van der Waals surface area contributed by atoms with Crippen LogP contribution in [-0.4, -0.2) is 24.1 Å². The van der Waals surface area contributed by atoms with Crippen molar-refractivity contribution < 1.29 is 14.6 Å². The molecule has 1 aliphatic heterocycles. The van der Waals surface area contributed by atoms with E-state index < -0.39 is 5.79 Å². The van der Waals surface area contributed by atoms with E-state index in [-0.39, 0.29) is 18.6 Å². The first kappa shape index (κ1) is 12.6. The van der Waals surface area contributed by atoms with E-state index in [2.05, 4.69) is 6.07 Å². The Bertz CT molecular complexity index is 387. The molecule has 2 unspecified atom stereocenters. The Morgan fingerprint density at radius 2 is 2.12 bits per heavy atom. The number of hydrogen-bond acceptors (Lipinski definition) is 3. The molecule has 3 heteroatoms. The lowest BCUT2D eigenvalue weighted by atomic mass is 9.93. The molecule has 1 fully saturated rings. The second kappa shape index (κ2) is 4.77. The molecule has 94 valence electrons. The molecule has 1 aromatic rings. The largest absolute Gasteiger partial charge is 0.396 e. The molecule has 3 nitrogen and oxygen atoms in total. The summed E-state index contributed by atoms with van der Waals surface area (Å²) >= 11 is 0. The molecule has 0 amide bonds. The zero-order valence-corrected chi connectivity index (χ0v) is 10.6. The zero-order chi connectivity index (χ0) is 12.5. The Hall–Kier alpha value is -0.900. The molecule has 17 heavy (non-hydrogen) atoms. The second-order valence-corrected chi connectivity index (χ2v) is 5.03. The molecule has 1 heterocycles. The smallest absolute Gasteiger partial charge is 0.163 e. The summed E-state index contributed by atoms with van der Waals surface area (Å²) in [6.45, 7) is 6.58. The highest BCUT2D eigenvalue weighted by Gasteiger charge is 2.34. The molecule has 0 radical (unpaired) electrons. The van der Waals surface area contributed by atoms with Crippen LogP contribution in [0.3, 0.4) is 0 Å².